The summed E-state index contributed by atoms with van der Waals surface area (Å²) in [6.45, 7) is 3.85. The highest BCUT2D eigenvalue weighted by molar-refractivity contribution is 5.20. The molecule has 3 rings (SSSR count). The topological polar surface area (TPSA) is 47.4 Å². The van der Waals surface area contributed by atoms with Crippen molar-refractivity contribution in [2.45, 2.75) is 32.4 Å². The van der Waals surface area contributed by atoms with Crippen LogP contribution >= 0.6 is 0 Å². The molecule has 1 aliphatic carbocycles. The van der Waals surface area contributed by atoms with E-state index in [4.69, 9.17) is 4.74 Å². The van der Waals surface area contributed by atoms with E-state index in [2.05, 4.69) is 10.00 Å². The molecular weight excluding hydrogens is 230 g/mol. The van der Waals surface area contributed by atoms with E-state index in [1.165, 1.54) is 12.8 Å². The van der Waals surface area contributed by atoms with Gasteiger partial charge in [0.2, 0.25) is 0 Å². The van der Waals surface area contributed by atoms with Gasteiger partial charge in [0.15, 0.2) is 0 Å². The van der Waals surface area contributed by atoms with Crippen LogP contribution in [0.2, 0.25) is 0 Å². The number of nitrogens with zero attached hydrogens (tertiary/aromatic N) is 3. The molecule has 5 heteroatoms. The molecule has 0 aromatic carbocycles. The number of morpholine rings is 1. The molecular formula is C13H19N3O2. The Balaban J connectivity index is 1.80. The lowest BCUT2D eigenvalue weighted by atomic mass is 9.97. The van der Waals surface area contributed by atoms with Crippen LogP contribution in [-0.2, 0) is 24.2 Å². The molecule has 0 amide bonds. The summed E-state index contributed by atoms with van der Waals surface area (Å²) in [7, 11) is 0. The quantitative estimate of drug-likeness (QED) is 0.762. The Morgan fingerprint density at radius 3 is 2.83 bits per heavy atom. The molecule has 0 saturated carbocycles. The van der Waals surface area contributed by atoms with Gasteiger partial charge in [0.25, 0.3) is 5.56 Å². The molecule has 5 nitrogen and oxygen atoms in total. The fraction of sp³-hybridized carbons (Fsp3) is 0.692. The van der Waals surface area contributed by atoms with Crippen LogP contribution in [0.25, 0.3) is 0 Å². The first-order chi connectivity index (χ1) is 8.83. The van der Waals surface area contributed by atoms with Crippen LogP contribution in [0.4, 0.5) is 0 Å². The summed E-state index contributed by atoms with van der Waals surface area (Å²) in [6.07, 6.45) is 4.39. The fourth-order valence-electron chi connectivity index (χ4n) is 2.63. The minimum atomic E-state index is 0.0298. The van der Waals surface area contributed by atoms with Crippen molar-refractivity contribution in [1.82, 2.24) is 14.7 Å². The third-order valence-electron chi connectivity index (χ3n) is 3.71. The zero-order valence-electron chi connectivity index (χ0n) is 10.6. The summed E-state index contributed by atoms with van der Waals surface area (Å²) >= 11 is 0. The molecule has 98 valence electrons. The van der Waals surface area contributed by atoms with E-state index < -0.39 is 0 Å². The van der Waals surface area contributed by atoms with E-state index in [1.54, 1.807) is 10.7 Å². The summed E-state index contributed by atoms with van der Waals surface area (Å²) in [6, 6.07) is 1.78. The predicted octanol–water partition coefficient (Wildman–Crippen LogP) is 0.412. The maximum Gasteiger partial charge on any atom is 0.268 e. The molecule has 0 bridgehead atoms. The molecule has 2 heterocycles. The van der Waals surface area contributed by atoms with Crippen molar-refractivity contribution in [3.8, 4) is 0 Å². The summed E-state index contributed by atoms with van der Waals surface area (Å²) in [5, 5.41) is 4.53. The van der Waals surface area contributed by atoms with Gasteiger partial charge >= 0.3 is 0 Å². The molecule has 0 radical (unpaired) electrons. The van der Waals surface area contributed by atoms with Gasteiger partial charge in [0.05, 0.1) is 25.6 Å². The Morgan fingerprint density at radius 2 is 2.00 bits per heavy atom. The van der Waals surface area contributed by atoms with Crippen LogP contribution in [0.1, 0.15) is 24.1 Å². The maximum absolute atomic E-state index is 12.0. The standard InChI is InChI=1S/C13H19N3O2/c17-13-9-11-3-1-2-4-12(11)14-16(13)10-15-5-7-18-8-6-15/h9H,1-8,10H2. The van der Waals surface area contributed by atoms with Crippen LogP contribution < -0.4 is 5.56 Å². The zero-order chi connectivity index (χ0) is 12.4. The highest BCUT2D eigenvalue weighted by atomic mass is 16.5. The summed E-state index contributed by atoms with van der Waals surface area (Å²) in [4.78, 5) is 14.2. The Hall–Kier alpha value is -1.20. The van der Waals surface area contributed by atoms with Gasteiger partial charge in [-0.25, -0.2) is 4.68 Å². The average molecular weight is 249 g/mol. The molecule has 0 atom stereocenters. The van der Waals surface area contributed by atoms with Gasteiger partial charge < -0.3 is 4.74 Å². The first-order valence-corrected chi connectivity index (χ1v) is 6.73. The highest BCUT2D eigenvalue weighted by Crippen LogP contribution is 2.16. The van der Waals surface area contributed by atoms with Crippen molar-refractivity contribution in [2.24, 2.45) is 0 Å². The lowest BCUT2D eigenvalue weighted by Crippen LogP contribution is -2.41. The maximum atomic E-state index is 12.0. The molecule has 1 fully saturated rings. The van der Waals surface area contributed by atoms with Crippen LogP contribution in [0, 0.1) is 0 Å². The Kier molecular flexibility index (Phi) is 3.43. The van der Waals surface area contributed by atoms with Gasteiger partial charge in [-0.2, -0.15) is 5.10 Å². The number of fused-ring (bicyclic) bond motifs is 1. The number of rotatable bonds is 2. The molecule has 0 spiro atoms. The Morgan fingerprint density at radius 1 is 1.22 bits per heavy atom. The van der Waals surface area contributed by atoms with Crippen molar-refractivity contribution in [3.05, 3.63) is 27.7 Å². The average Bonchev–Trinajstić information content (AvgIpc) is 2.41. The van der Waals surface area contributed by atoms with Gasteiger partial charge in [-0.3, -0.25) is 9.69 Å². The van der Waals surface area contributed by atoms with E-state index in [0.717, 1.165) is 50.4 Å². The molecule has 18 heavy (non-hydrogen) atoms. The molecule has 1 saturated heterocycles. The van der Waals surface area contributed by atoms with Crippen LogP contribution in [-0.4, -0.2) is 41.0 Å². The van der Waals surface area contributed by atoms with Crippen LogP contribution in [0.3, 0.4) is 0 Å². The van der Waals surface area contributed by atoms with Crippen molar-refractivity contribution in [2.75, 3.05) is 26.3 Å². The molecule has 1 aromatic rings. The highest BCUT2D eigenvalue weighted by Gasteiger charge is 2.16. The Bertz CT molecular complexity index is 478. The number of ether oxygens (including phenoxy) is 1. The first-order valence-electron chi connectivity index (χ1n) is 6.73. The normalized spacial score (nSPS) is 20.7. The SMILES string of the molecule is O=c1cc2c(nn1CN1CCOCC1)CCCC2. The minimum Gasteiger partial charge on any atom is -0.379 e. The van der Waals surface area contributed by atoms with Gasteiger partial charge in [-0.05, 0) is 31.2 Å². The second kappa shape index (κ2) is 5.20. The fourth-order valence-corrected chi connectivity index (χ4v) is 2.63. The number of aromatic nitrogens is 2. The number of hydrogen-bond acceptors (Lipinski definition) is 4. The van der Waals surface area contributed by atoms with Crippen molar-refractivity contribution in [3.63, 3.8) is 0 Å². The monoisotopic (exact) mass is 249 g/mol. The summed E-state index contributed by atoms with van der Waals surface area (Å²) < 4.78 is 6.92. The van der Waals surface area contributed by atoms with E-state index in [1.807, 2.05) is 0 Å². The van der Waals surface area contributed by atoms with Gasteiger partial charge in [-0.1, -0.05) is 0 Å². The molecule has 0 unspecified atom stereocenters. The van der Waals surface area contributed by atoms with E-state index >= 15 is 0 Å². The first kappa shape index (κ1) is 11.9. The van der Waals surface area contributed by atoms with Gasteiger partial charge in [0, 0.05) is 19.2 Å². The molecule has 1 aromatic heterocycles. The smallest absolute Gasteiger partial charge is 0.268 e. The van der Waals surface area contributed by atoms with E-state index in [0.29, 0.717) is 6.67 Å². The molecule has 2 aliphatic rings. The van der Waals surface area contributed by atoms with Gasteiger partial charge in [-0.15, -0.1) is 0 Å². The van der Waals surface area contributed by atoms with Crippen LogP contribution in [0.15, 0.2) is 10.9 Å². The largest absolute Gasteiger partial charge is 0.379 e. The summed E-state index contributed by atoms with van der Waals surface area (Å²) in [5.74, 6) is 0. The zero-order valence-corrected chi connectivity index (χ0v) is 10.6. The number of aryl methyl sites for hydroxylation is 2. The third-order valence-corrected chi connectivity index (χ3v) is 3.71. The van der Waals surface area contributed by atoms with Crippen molar-refractivity contribution in [1.29, 1.82) is 0 Å². The van der Waals surface area contributed by atoms with Crippen LogP contribution in [0.5, 0.6) is 0 Å². The summed E-state index contributed by atoms with van der Waals surface area (Å²) in [5.41, 5.74) is 2.31. The minimum absolute atomic E-state index is 0.0298. The predicted molar refractivity (Wildman–Crippen MR) is 67.5 cm³/mol. The lowest BCUT2D eigenvalue weighted by molar-refractivity contribution is 0.0202. The van der Waals surface area contributed by atoms with E-state index in [-0.39, 0.29) is 5.56 Å². The molecule has 0 N–H and O–H groups in total. The van der Waals surface area contributed by atoms with Gasteiger partial charge in [0.1, 0.15) is 0 Å². The third kappa shape index (κ3) is 2.47. The number of hydrogen-bond donors (Lipinski definition) is 0. The van der Waals surface area contributed by atoms with E-state index in [9.17, 15) is 4.79 Å². The Labute approximate surface area is 106 Å². The second-order valence-corrected chi connectivity index (χ2v) is 5.03. The van der Waals surface area contributed by atoms with Crippen molar-refractivity contribution < 1.29 is 4.74 Å². The molecule has 1 aliphatic heterocycles. The lowest BCUT2D eigenvalue weighted by Gasteiger charge is -2.27. The van der Waals surface area contributed by atoms with Crippen molar-refractivity contribution >= 4 is 0 Å². The second-order valence-electron chi connectivity index (χ2n) is 5.03.